The molecule has 0 aliphatic heterocycles. The Morgan fingerprint density at radius 2 is 1.70 bits per heavy atom. The van der Waals surface area contributed by atoms with E-state index in [0.717, 1.165) is 0 Å². The maximum atomic E-state index is 12.2. The van der Waals surface area contributed by atoms with Gasteiger partial charge < -0.3 is 18.6 Å². The van der Waals surface area contributed by atoms with E-state index in [1.54, 1.807) is 31.4 Å². The fraction of sp³-hybridized carbons (Fsp3) is 0.182. The Kier molecular flexibility index (Phi) is 6.94. The highest BCUT2D eigenvalue weighted by molar-refractivity contribution is 5.93. The van der Waals surface area contributed by atoms with Crippen molar-refractivity contribution in [3.05, 3.63) is 77.7 Å². The summed E-state index contributed by atoms with van der Waals surface area (Å²) in [6, 6.07) is 17.6. The first-order chi connectivity index (χ1) is 14.6. The van der Waals surface area contributed by atoms with Crippen LogP contribution in [0.3, 0.4) is 0 Å². The molecular formula is C22H22N2O6. The van der Waals surface area contributed by atoms with Crippen LogP contribution in [0.2, 0.25) is 0 Å². The highest BCUT2D eigenvalue weighted by Crippen LogP contribution is 2.24. The topological polar surface area (TPSA) is 99.0 Å². The second-order valence-electron chi connectivity index (χ2n) is 6.22. The van der Waals surface area contributed by atoms with E-state index in [9.17, 15) is 9.59 Å². The molecule has 0 saturated carbocycles. The second kappa shape index (κ2) is 10.0. The number of carbonyl (C=O) groups is 2. The summed E-state index contributed by atoms with van der Waals surface area (Å²) in [5, 5.41) is 0. The van der Waals surface area contributed by atoms with Crippen molar-refractivity contribution in [1.82, 2.24) is 10.9 Å². The maximum absolute atomic E-state index is 12.2. The average Bonchev–Trinajstić information content (AvgIpc) is 3.26. The number of nitrogens with one attached hydrogen (secondary N) is 2. The lowest BCUT2D eigenvalue weighted by Crippen LogP contribution is -2.42. The van der Waals surface area contributed by atoms with Gasteiger partial charge in [0.25, 0.3) is 0 Å². The summed E-state index contributed by atoms with van der Waals surface area (Å²) in [5.74, 6) is 1.39. The molecule has 156 valence electrons. The van der Waals surface area contributed by atoms with Crippen molar-refractivity contribution in [2.24, 2.45) is 0 Å². The highest BCUT2D eigenvalue weighted by Gasteiger charge is 2.14. The summed E-state index contributed by atoms with van der Waals surface area (Å²) in [4.78, 5) is 24.4. The minimum absolute atomic E-state index is 0.0156. The van der Waals surface area contributed by atoms with Gasteiger partial charge in [-0.15, -0.1) is 0 Å². The number of hydrogen-bond donors (Lipinski definition) is 2. The summed E-state index contributed by atoms with van der Waals surface area (Å²) in [6.07, 6.45) is 0.0156. The molecule has 2 amide bonds. The van der Waals surface area contributed by atoms with Crippen LogP contribution in [0.5, 0.6) is 17.2 Å². The Balaban J connectivity index is 1.49. The third-order valence-electron chi connectivity index (χ3n) is 4.17. The lowest BCUT2D eigenvalue weighted by atomic mass is 10.1. The zero-order valence-corrected chi connectivity index (χ0v) is 16.6. The quantitative estimate of drug-likeness (QED) is 0.554. The van der Waals surface area contributed by atoms with Gasteiger partial charge in [0.05, 0.1) is 20.6 Å². The molecule has 0 unspecified atom stereocenters. The molecule has 1 aromatic heterocycles. The molecule has 0 radical (unpaired) electrons. The minimum atomic E-state index is -0.573. The predicted octanol–water partition coefficient (Wildman–Crippen LogP) is 2.88. The molecule has 0 aliphatic carbocycles. The summed E-state index contributed by atoms with van der Waals surface area (Å²) < 4.78 is 21.4. The SMILES string of the molecule is COc1ccc(CC(=O)NNC(=O)c2ccc(COc3ccccc3)o2)c(OC)c1. The Hall–Kier alpha value is -3.94. The molecule has 1 heterocycles. The third-order valence-corrected chi connectivity index (χ3v) is 4.17. The van der Waals surface area contributed by atoms with Gasteiger partial charge in [0, 0.05) is 11.6 Å². The zero-order chi connectivity index (χ0) is 21.3. The van der Waals surface area contributed by atoms with Crippen LogP contribution in [-0.4, -0.2) is 26.0 Å². The van der Waals surface area contributed by atoms with E-state index in [4.69, 9.17) is 18.6 Å². The van der Waals surface area contributed by atoms with Gasteiger partial charge in [-0.1, -0.05) is 24.3 Å². The van der Waals surface area contributed by atoms with Crippen LogP contribution in [0.1, 0.15) is 21.9 Å². The van der Waals surface area contributed by atoms with Crippen LogP contribution in [0.15, 0.2) is 65.1 Å². The van der Waals surface area contributed by atoms with Gasteiger partial charge in [0.1, 0.15) is 29.6 Å². The van der Waals surface area contributed by atoms with Crippen LogP contribution in [0.4, 0.5) is 0 Å². The molecule has 0 atom stereocenters. The summed E-state index contributed by atoms with van der Waals surface area (Å²) >= 11 is 0. The largest absolute Gasteiger partial charge is 0.497 e. The van der Waals surface area contributed by atoms with Crippen molar-refractivity contribution >= 4 is 11.8 Å². The fourth-order valence-corrected chi connectivity index (χ4v) is 2.65. The van der Waals surface area contributed by atoms with Crippen molar-refractivity contribution in [2.45, 2.75) is 13.0 Å². The molecule has 0 bridgehead atoms. The fourth-order valence-electron chi connectivity index (χ4n) is 2.65. The Morgan fingerprint density at radius 3 is 2.43 bits per heavy atom. The van der Waals surface area contributed by atoms with Crippen molar-refractivity contribution in [2.75, 3.05) is 14.2 Å². The lowest BCUT2D eigenvalue weighted by molar-refractivity contribution is -0.121. The van der Waals surface area contributed by atoms with Crippen LogP contribution in [0, 0.1) is 0 Å². The van der Waals surface area contributed by atoms with Crippen molar-refractivity contribution in [3.8, 4) is 17.2 Å². The molecule has 8 heteroatoms. The number of rotatable bonds is 8. The smallest absolute Gasteiger partial charge is 0.305 e. The van der Waals surface area contributed by atoms with Gasteiger partial charge in [0.15, 0.2) is 5.76 Å². The first-order valence-electron chi connectivity index (χ1n) is 9.15. The predicted molar refractivity (Wildman–Crippen MR) is 108 cm³/mol. The van der Waals surface area contributed by atoms with E-state index in [1.165, 1.54) is 13.2 Å². The number of hydrazine groups is 1. The van der Waals surface area contributed by atoms with Crippen molar-refractivity contribution in [3.63, 3.8) is 0 Å². The molecule has 3 rings (SSSR count). The standard InChI is InChI=1S/C22H22N2O6/c1-27-17-9-8-15(20(13-17)28-2)12-21(25)23-24-22(26)19-11-10-18(30-19)14-29-16-6-4-3-5-7-16/h3-11,13H,12,14H2,1-2H3,(H,23,25)(H,24,26). The first kappa shape index (κ1) is 20.8. The molecule has 0 saturated heterocycles. The van der Waals surface area contributed by atoms with Crippen LogP contribution in [-0.2, 0) is 17.8 Å². The van der Waals surface area contributed by atoms with Gasteiger partial charge >= 0.3 is 5.91 Å². The molecule has 8 nitrogen and oxygen atoms in total. The van der Waals surface area contributed by atoms with E-state index in [-0.39, 0.29) is 18.8 Å². The van der Waals surface area contributed by atoms with Gasteiger partial charge in [-0.25, -0.2) is 0 Å². The highest BCUT2D eigenvalue weighted by atomic mass is 16.5. The Labute approximate surface area is 173 Å². The van der Waals surface area contributed by atoms with Crippen molar-refractivity contribution < 1.29 is 28.2 Å². The van der Waals surface area contributed by atoms with Crippen molar-refractivity contribution in [1.29, 1.82) is 0 Å². The third kappa shape index (κ3) is 5.54. The van der Waals surface area contributed by atoms with Crippen LogP contribution in [0.25, 0.3) is 0 Å². The van der Waals surface area contributed by atoms with Gasteiger partial charge in [-0.2, -0.15) is 0 Å². The lowest BCUT2D eigenvalue weighted by Gasteiger charge is -2.11. The number of amides is 2. The maximum Gasteiger partial charge on any atom is 0.305 e. The first-order valence-corrected chi connectivity index (χ1v) is 9.15. The summed E-state index contributed by atoms with van der Waals surface area (Å²) in [6.45, 7) is 0.181. The molecule has 2 aromatic carbocycles. The molecular weight excluding hydrogens is 388 g/mol. The summed E-state index contributed by atoms with van der Waals surface area (Å²) in [5.41, 5.74) is 5.34. The number of carbonyl (C=O) groups excluding carboxylic acids is 2. The molecule has 0 aliphatic rings. The van der Waals surface area contributed by atoms with E-state index in [1.807, 2.05) is 30.3 Å². The normalized spacial score (nSPS) is 10.2. The minimum Gasteiger partial charge on any atom is -0.497 e. The average molecular weight is 410 g/mol. The number of benzene rings is 2. The number of furan rings is 1. The number of methoxy groups -OCH3 is 2. The molecule has 0 spiro atoms. The van der Waals surface area contributed by atoms with Gasteiger partial charge in [0.2, 0.25) is 5.91 Å². The second-order valence-corrected chi connectivity index (χ2v) is 6.22. The number of hydrogen-bond acceptors (Lipinski definition) is 6. The number of ether oxygens (including phenoxy) is 3. The zero-order valence-electron chi connectivity index (χ0n) is 16.6. The van der Waals surface area contributed by atoms with Gasteiger partial charge in [-0.05, 0) is 30.3 Å². The summed E-state index contributed by atoms with van der Waals surface area (Å²) in [7, 11) is 3.05. The molecule has 2 N–H and O–H groups in total. The molecule has 30 heavy (non-hydrogen) atoms. The van der Waals surface area contributed by atoms with E-state index in [2.05, 4.69) is 10.9 Å². The Bertz CT molecular complexity index is 1000. The van der Waals surface area contributed by atoms with E-state index in [0.29, 0.717) is 28.6 Å². The van der Waals surface area contributed by atoms with Gasteiger partial charge in [-0.3, -0.25) is 20.4 Å². The molecule has 3 aromatic rings. The Morgan fingerprint density at radius 1 is 0.900 bits per heavy atom. The van der Waals surface area contributed by atoms with Crippen LogP contribution < -0.4 is 25.1 Å². The monoisotopic (exact) mass is 410 g/mol. The van der Waals surface area contributed by atoms with E-state index >= 15 is 0 Å². The van der Waals surface area contributed by atoms with E-state index < -0.39 is 11.8 Å². The van der Waals surface area contributed by atoms with Crippen LogP contribution >= 0.6 is 0 Å². The molecule has 0 fully saturated rings. The number of para-hydroxylation sites is 1.